The molecule has 100 valence electrons. The number of halogens is 1. The highest BCUT2D eigenvalue weighted by atomic mass is 35.5. The summed E-state index contributed by atoms with van der Waals surface area (Å²) in [5, 5.41) is 15.4. The summed E-state index contributed by atoms with van der Waals surface area (Å²) < 4.78 is 1.74. The lowest BCUT2D eigenvalue weighted by atomic mass is 10.1. The van der Waals surface area contributed by atoms with Crippen molar-refractivity contribution >= 4 is 11.6 Å². The molecule has 0 atom stereocenters. The Morgan fingerprint density at radius 3 is 2.30 bits per heavy atom. The fraction of sp³-hybridized carbons (Fsp3) is 0.0625. The lowest BCUT2D eigenvalue weighted by Gasteiger charge is -2.02. The number of aromatic nitrogens is 2. The van der Waals surface area contributed by atoms with Crippen LogP contribution < -0.4 is 0 Å². The molecule has 0 fully saturated rings. The van der Waals surface area contributed by atoms with Gasteiger partial charge in [0.25, 0.3) is 0 Å². The highest BCUT2D eigenvalue weighted by Gasteiger charge is 2.16. The molecule has 0 aliphatic heterocycles. The molecule has 0 aliphatic rings. The molecule has 0 unspecified atom stereocenters. The van der Waals surface area contributed by atoms with Crippen molar-refractivity contribution in [2.24, 2.45) is 0 Å². The topological polar surface area (TPSA) is 38.1 Å². The predicted molar refractivity (Wildman–Crippen MR) is 80.4 cm³/mol. The number of hydrogen-bond acceptors (Lipinski definition) is 2. The van der Waals surface area contributed by atoms with E-state index in [0.29, 0.717) is 16.4 Å². The Balaban J connectivity index is 2.13. The van der Waals surface area contributed by atoms with E-state index < -0.39 is 0 Å². The van der Waals surface area contributed by atoms with Crippen molar-refractivity contribution in [1.29, 1.82) is 0 Å². The van der Waals surface area contributed by atoms with Crippen LogP contribution in [0, 0.1) is 6.92 Å². The maximum Gasteiger partial charge on any atom is 0.165 e. The zero-order chi connectivity index (χ0) is 14.1. The van der Waals surface area contributed by atoms with Crippen molar-refractivity contribution in [3.8, 4) is 22.7 Å². The molecule has 0 aliphatic carbocycles. The molecule has 0 bridgehead atoms. The zero-order valence-electron chi connectivity index (χ0n) is 10.9. The third-order valence-corrected chi connectivity index (χ3v) is 3.46. The van der Waals surface area contributed by atoms with E-state index in [0.717, 1.165) is 11.3 Å². The average Bonchev–Trinajstić information content (AvgIpc) is 2.77. The molecule has 0 saturated heterocycles. The molecule has 1 aromatic heterocycles. The maximum absolute atomic E-state index is 10.3. The first-order chi connectivity index (χ1) is 9.66. The average molecular weight is 285 g/mol. The van der Waals surface area contributed by atoms with Gasteiger partial charge in [0, 0.05) is 10.6 Å². The molecule has 3 nitrogen and oxygen atoms in total. The predicted octanol–water partition coefficient (Wildman–Crippen LogP) is 4.21. The van der Waals surface area contributed by atoms with Crippen molar-refractivity contribution in [3.05, 3.63) is 65.3 Å². The molecule has 1 heterocycles. The molecule has 20 heavy (non-hydrogen) atoms. The lowest BCUT2D eigenvalue weighted by molar-refractivity contribution is 0.472. The van der Waals surface area contributed by atoms with Crippen LogP contribution in [0.5, 0.6) is 5.75 Å². The van der Waals surface area contributed by atoms with Crippen LogP contribution in [-0.4, -0.2) is 14.9 Å². The van der Waals surface area contributed by atoms with Gasteiger partial charge in [-0.15, -0.1) is 0 Å². The van der Waals surface area contributed by atoms with Crippen molar-refractivity contribution in [2.75, 3.05) is 0 Å². The van der Waals surface area contributed by atoms with Crippen molar-refractivity contribution in [1.82, 2.24) is 9.78 Å². The largest absolute Gasteiger partial charge is 0.504 e. The standard InChI is InChI=1S/C16H13ClN2O/c1-11-16(20)15(12-7-9-13(17)10-8-12)18-19(11)14-5-3-2-4-6-14/h2-10,20H,1H3. The van der Waals surface area contributed by atoms with E-state index >= 15 is 0 Å². The summed E-state index contributed by atoms with van der Waals surface area (Å²) in [4.78, 5) is 0. The monoisotopic (exact) mass is 284 g/mol. The van der Waals surface area contributed by atoms with Gasteiger partial charge in [-0.1, -0.05) is 41.9 Å². The molecule has 0 spiro atoms. The SMILES string of the molecule is Cc1c(O)c(-c2ccc(Cl)cc2)nn1-c1ccccc1. The maximum atomic E-state index is 10.3. The van der Waals surface area contributed by atoms with Crippen LogP contribution >= 0.6 is 11.6 Å². The van der Waals surface area contributed by atoms with Gasteiger partial charge in [-0.05, 0) is 31.2 Å². The Kier molecular flexibility index (Phi) is 3.20. The molecule has 0 amide bonds. The van der Waals surface area contributed by atoms with E-state index in [2.05, 4.69) is 5.10 Å². The van der Waals surface area contributed by atoms with Gasteiger partial charge in [0.2, 0.25) is 0 Å². The van der Waals surface area contributed by atoms with Gasteiger partial charge in [0.1, 0.15) is 5.69 Å². The minimum Gasteiger partial charge on any atom is -0.504 e. The minimum atomic E-state index is 0.191. The number of para-hydroxylation sites is 1. The van der Waals surface area contributed by atoms with E-state index in [-0.39, 0.29) is 5.75 Å². The molecular weight excluding hydrogens is 272 g/mol. The highest BCUT2D eigenvalue weighted by Crippen LogP contribution is 2.32. The van der Waals surface area contributed by atoms with Crippen molar-refractivity contribution in [3.63, 3.8) is 0 Å². The molecule has 4 heteroatoms. The number of aromatic hydroxyl groups is 1. The zero-order valence-corrected chi connectivity index (χ0v) is 11.7. The van der Waals surface area contributed by atoms with Crippen LogP contribution in [0.4, 0.5) is 0 Å². The number of benzene rings is 2. The molecular formula is C16H13ClN2O. The van der Waals surface area contributed by atoms with Gasteiger partial charge in [-0.2, -0.15) is 5.10 Å². The third-order valence-electron chi connectivity index (χ3n) is 3.20. The van der Waals surface area contributed by atoms with Crippen LogP contribution in [-0.2, 0) is 0 Å². The first-order valence-electron chi connectivity index (χ1n) is 6.27. The summed E-state index contributed by atoms with van der Waals surface area (Å²) in [5.41, 5.74) is 3.02. The summed E-state index contributed by atoms with van der Waals surface area (Å²) in [6, 6.07) is 17.0. The second kappa shape index (κ2) is 5.02. The number of nitrogens with zero attached hydrogens (tertiary/aromatic N) is 2. The van der Waals surface area contributed by atoms with Gasteiger partial charge in [-0.3, -0.25) is 0 Å². The van der Waals surface area contributed by atoms with E-state index in [9.17, 15) is 5.11 Å². The fourth-order valence-electron chi connectivity index (χ4n) is 2.12. The van der Waals surface area contributed by atoms with Crippen molar-refractivity contribution in [2.45, 2.75) is 6.92 Å². The summed E-state index contributed by atoms with van der Waals surface area (Å²) in [6.45, 7) is 1.84. The van der Waals surface area contributed by atoms with Crippen LogP contribution in [0.25, 0.3) is 16.9 Å². The van der Waals surface area contributed by atoms with E-state index in [1.165, 1.54) is 0 Å². The normalized spacial score (nSPS) is 10.7. The molecule has 3 rings (SSSR count). The summed E-state index contributed by atoms with van der Waals surface area (Å²) >= 11 is 5.88. The van der Waals surface area contributed by atoms with Gasteiger partial charge in [0.15, 0.2) is 5.75 Å². The quantitative estimate of drug-likeness (QED) is 0.765. The molecule has 1 N–H and O–H groups in total. The van der Waals surface area contributed by atoms with Crippen LogP contribution in [0.3, 0.4) is 0 Å². The van der Waals surface area contributed by atoms with Gasteiger partial charge in [0.05, 0.1) is 11.4 Å². The molecule has 0 saturated carbocycles. The first kappa shape index (κ1) is 12.8. The van der Waals surface area contributed by atoms with E-state index in [1.807, 2.05) is 49.4 Å². The summed E-state index contributed by atoms with van der Waals surface area (Å²) in [7, 11) is 0. The van der Waals surface area contributed by atoms with Crippen LogP contribution in [0.2, 0.25) is 5.02 Å². The van der Waals surface area contributed by atoms with Crippen LogP contribution in [0.1, 0.15) is 5.69 Å². The van der Waals surface area contributed by atoms with Gasteiger partial charge in [-0.25, -0.2) is 4.68 Å². The second-order valence-corrected chi connectivity index (χ2v) is 4.97. The minimum absolute atomic E-state index is 0.191. The Hall–Kier alpha value is -2.26. The smallest absolute Gasteiger partial charge is 0.165 e. The highest BCUT2D eigenvalue weighted by molar-refractivity contribution is 6.30. The van der Waals surface area contributed by atoms with Crippen LogP contribution in [0.15, 0.2) is 54.6 Å². The Bertz CT molecular complexity index is 733. The third kappa shape index (κ3) is 2.17. The lowest BCUT2D eigenvalue weighted by Crippen LogP contribution is -1.98. The Morgan fingerprint density at radius 1 is 1.00 bits per heavy atom. The fourth-order valence-corrected chi connectivity index (χ4v) is 2.24. The Morgan fingerprint density at radius 2 is 1.65 bits per heavy atom. The van der Waals surface area contributed by atoms with Gasteiger partial charge >= 0.3 is 0 Å². The number of rotatable bonds is 2. The molecule has 0 radical (unpaired) electrons. The van der Waals surface area contributed by atoms with Gasteiger partial charge < -0.3 is 5.11 Å². The number of hydrogen-bond donors (Lipinski definition) is 1. The molecule has 3 aromatic rings. The van der Waals surface area contributed by atoms with E-state index in [4.69, 9.17) is 11.6 Å². The molecule has 2 aromatic carbocycles. The summed E-state index contributed by atoms with van der Waals surface area (Å²) in [6.07, 6.45) is 0. The summed E-state index contributed by atoms with van der Waals surface area (Å²) in [5.74, 6) is 0.191. The first-order valence-corrected chi connectivity index (χ1v) is 6.64. The Labute approximate surface area is 122 Å². The van der Waals surface area contributed by atoms with E-state index in [1.54, 1.807) is 16.8 Å². The van der Waals surface area contributed by atoms with Crippen molar-refractivity contribution < 1.29 is 5.11 Å². The second-order valence-electron chi connectivity index (χ2n) is 4.54.